The fraction of sp³-hybridized carbons (Fsp3) is 0.579. The molecule has 27 heavy (non-hydrogen) atoms. The number of benzene rings is 1. The fourth-order valence-corrected chi connectivity index (χ4v) is 5.28. The number of carbonyl (C=O) groups excluding carboxylic acids is 1. The number of hydrogen-bond acceptors (Lipinski definition) is 5. The number of nitrogens with one attached hydrogen (secondary N) is 1. The van der Waals surface area contributed by atoms with Gasteiger partial charge in [0.15, 0.2) is 5.84 Å². The zero-order chi connectivity index (χ0) is 18.9. The van der Waals surface area contributed by atoms with Gasteiger partial charge >= 0.3 is 0 Å². The van der Waals surface area contributed by atoms with Gasteiger partial charge in [-0.25, -0.2) is 0 Å². The van der Waals surface area contributed by atoms with Gasteiger partial charge < -0.3 is 15.0 Å². The van der Waals surface area contributed by atoms with Gasteiger partial charge in [-0.05, 0) is 43.7 Å². The van der Waals surface area contributed by atoms with Crippen LogP contribution in [0.4, 0.5) is 0 Å². The van der Waals surface area contributed by atoms with Crippen LogP contribution in [0.2, 0.25) is 0 Å². The molecule has 0 radical (unpaired) electrons. The van der Waals surface area contributed by atoms with Crippen LogP contribution in [0.3, 0.4) is 0 Å². The van der Waals surface area contributed by atoms with Crippen molar-refractivity contribution in [1.29, 1.82) is 0 Å². The van der Waals surface area contributed by atoms with E-state index < -0.39 is 10.0 Å². The minimum atomic E-state index is -3.58. The lowest BCUT2D eigenvalue weighted by atomic mass is 9.92. The lowest BCUT2D eigenvalue weighted by Gasteiger charge is -2.33. The zero-order valence-corrected chi connectivity index (χ0v) is 16.1. The van der Waals surface area contributed by atoms with Crippen LogP contribution in [0.15, 0.2) is 33.6 Å². The maximum atomic E-state index is 12.3. The first-order valence-corrected chi connectivity index (χ1v) is 11.0. The number of fused-ring (bicyclic) bond motifs is 1. The third kappa shape index (κ3) is 4.01. The third-order valence-electron chi connectivity index (χ3n) is 5.59. The number of hydrogen-bond donors (Lipinski definition) is 1. The standard InChI is InChI=1S/C19H25N3O4S/c23-18(20-15-7-11-26-12-8-15)13-14-5-9-22(10-6-14)19-16-3-1-2-4-17(16)27(24,25)21-19/h1-4,14-15H,5-13H2,(H,20,23). The fourth-order valence-electron chi connectivity index (χ4n) is 4.06. The highest BCUT2D eigenvalue weighted by Crippen LogP contribution is 2.30. The monoisotopic (exact) mass is 391 g/mol. The van der Waals surface area contributed by atoms with E-state index >= 15 is 0 Å². The van der Waals surface area contributed by atoms with Gasteiger partial charge in [-0.3, -0.25) is 4.79 Å². The van der Waals surface area contributed by atoms with E-state index in [4.69, 9.17) is 4.74 Å². The Hall–Kier alpha value is -1.93. The van der Waals surface area contributed by atoms with E-state index in [1.165, 1.54) is 0 Å². The molecule has 1 amide bonds. The Bertz CT molecular complexity index is 838. The van der Waals surface area contributed by atoms with Crippen LogP contribution in [-0.4, -0.2) is 57.4 Å². The van der Waals surface area contributed by atoms with Crippen molar-refractivity contribution >= 4 is 21.8 Å². The number of likely N-dealkylation sites (tertiary alicyclic amines) is 1. The van der Waals surface area contributed by atoms with Crippen molar-refractivity contribution in [3.63, 3.8) is 0 Å². The van der Waals surface area contributed by atoms with Crippen LogP contribution in [0, 0.1) is 5.92 Å². The molecule has 0 unspecified atom stereocenters. The van der Waals surface area contributed by atoms with E-state index in [9.17, 15) is 13.2 Å². The van der Waals surface area contributed by atoms with Crippen molar-refractivity contribution in [2.75, 3.05) is 26.3 Å². The Balaban J connectivity index is 1.32. The minimum Gasteiger partial charge on any atom is -0.381 e. The van der Waals surface area contributed by atoms with Crippen LogP contribution in [0.5, 0.6) is 0 Å². The molecule has 3 aliphatic rings. The smallest absolute Gasteiger partial charge is 0.285 e. The van der Waals surface area contributed by atoms with Crippen LogP contribution >= 0.6 is 0 Å². The van der Waals surface area contributed by atoms with Gasteiger partial charge in [0.25, 0.3) is 10.0 Å². The molecule has 3 aliphatic heterocycles. The summed E-state index contributed by atoms with van der Waals surface area (Å²) in [5.74, 6) is 0.997. The highest BCUT2D eigenvalue weighted by molar-refractivity contribution is 7.90. The molecule has 8 heteroatoms. The normalized spacial score (nSPS) is 23.0. The van der Waals surface area contributed by atoms with Crippen LogP contribution < -0.4 is 5.32 Å². The molecule has 0 saturated carbocycles. The molecule has 2 fully saturated rings. The molecule has 0 aromatic heterocycles. The van der Waals surface area contributed by atoms with E-state index in [1.807, 2.05) is 17.0 Å². The second kappa shape index (κ2) is 7.59. The number of ether oxygens (including phenoxy) is 1. The van der Waals surface area contributed by atoms with Gasteiger partial charge in [-0.1, -0.05) is 12.1 Å². The summed E-state index contributed by atoms with van der Waals surface area (Å²) in [7, 11) is -3.58. The second-order valence-corrected chi connectivity index (χ2v) is 9.05. The molecular weight excluding hydrogens is 366 g/mol. The topological polar surface area (TPSA) is 88.1 Å². The molecule has 0 atom stereocenters. The summed E-state index contributed by atoms with van der Waals surface area (Å²) in [5, 5.41) is 3.12. The van der Waals surface area contributed by atoms with Gasteiger partial charge in [-0.15, -0.1) is 4.40 Å². The Morgan fingerprint density at radius 2 is 1.85 bits per heavy atom. The molecule has 0 aliphatic carbocycles. The predicted octanol–water partition coefficient (Wildman–Crippen LogP) is 1.53. The van der Waals surface area contributed by atoms with E-state index in [0.717, 1.165) is 52.0 Å². The zero-order valence-electron chi connectivity index (χ0n) is 15.3. The maximum absolute atomic E-state index is 12.3. The van der Waals surface area contributed by atoms with Crippen molar-refractivity contribution in [2.24, 2.45) is 10.3 Å². The first-order chi connectivity index (χ1) is 13.0. The van der Waals surface area contributed by atoms with Crippen LogP contribution in [0.1, 0.15) is 37.7 Å². The maximum Gasteiger partial charge on any atom is 0.285 e. The summed E-state index contributed by atoms with van der Waals surface area (Å²) in [6.07, 6.45) is 4.03. The molecule has 3 heterocycles. The number of amides is 1. The number of carbonyl (C=O) groups is 1. The molecule has 1 aromatic rings. The predicted molar refractivity (Wildman–Crippen MR) is 101 cm³/mol. The number of rotatable bonds is 3. The Morgan fingerprint density at radius 3 is 2.59 bits per heavy atom. The van der Waals surface area contributed by atoms with E-state index in [1.54, 1.807) is 12.1 Å². The Morgan fingerprint density at radius 1 is 1.15 bits per heavy atom. The summed E-state index contributed by atoms with van der Waals surface area (Å²) in [6, 6.07) is 7.21. The van der Waals surface area contributed by atoms with Gasteiger partial charge in [0, 0.05) is 44.3 Å². The molecule has 4 rings (SSSR count). The largest absolute Gasteiger partial charge is 0.381 e. The molecule has 7 nitrogen and oxygen atoms in total. The third-order valence-corrected chi connectivity index (χ3v) is 6.91. The number of amidine groups is 1. The summed E-state index contributed by atoms with van der Waals surface area (Å²) in [6.45, 7) is 2.88. The molecule has 2 saturated heterocycles. The minimum absolute atomic E-state index is 0.117. The lowest BCUT2D eigenvalue weighted by Crippen LogP contribution is -2.42. The quantitative estimate of drug-likeness (QED) is 0.844. The Labute approximate surface area is 159 Å². The van der Waals surface area contributed by atoms with Crippen molar-refractivity contribution in [2.45, 2.75) is 43.0 Å². The van der Waals surface area contributed by atoms with Crippen LogP contribution in [-0.2, 0) is 19.6 Å². The number of piperidine rings is 1. The first kappa shape index (κ1) is 18.4. The Kier molecular flexibility index (Phi) is 5.19. The SMILES string of the molecule is O=C(CC1CCN(C2=NS(=O)(=O)c3ccccc32)CC1)NC1CCOCC1. The van der Waals surface area contributed by atoms with Crippen molar-refractivity contribution < 1.29 is 17.9 Å². The van der Waals surface area contributed by atoms with E-state index in [2.05, 4.69) is 9.71 Å². The molecule has 146 valence electrons. The summed E-state index contributed by atoms with van der Waals surface area (Å²) in [5.41, 5.74) is 0.688. The molecule has 1 N–H and O–H groups in total. The second-order valence-electron chi connectivity index (χ2n) is 7.47. The molecule has 0 bridgehead atoms. The van der Waals surface area contributed by atoms with Crippen molar-refractivity contribution in [1.82, 2.24) is 10.2 Å². The average molecular weight is 391 g/mol. The lowest BCUT2D eigenvalue weighted by molar-refractivity contribution is -0.123. The van der Waals surface area contributed by atoms with Crippen LogP contribution in [0.25, 0.3) is 0 Å². The van der Waals surface area contributed by atoms with E-state index in [-0.39, 0.29) is 16.8 Å². The first-order valence-electron chi connectivity index (χ1n) is 9.59. The summed E-state index contributed by atoms with van der Waals surface area (Å²) in [4.78, 5) is 14.6. The number of nitrogens with zero attached hydrogens (tertiary/aromatic N) is 2. The molecular formula is C19H25N3O4S. The summed E-state index contributed by atoms with van der Waals surface area (Å²) >= 11 is 0. The van der Waals surface area contributed by atoms with Gasteiger partial charge in [-0.2, -0.15) is 8.42 Å². The van der Waals surface area contributed by atoms with Gasteiger partial charge in [0.1, 0.15) is 4.90 Å². The molecule has 1 aromatic carbocycles. The molecule has 0 spiro atoms. The van der Waals surface area contributed by atoms with Gasteiger partial charge in [0.2, 0.25) is 5.91 Å². The van der Waals surface area contributed by atoms with Gasteiger partial charge in [0.05, 0.1) is 0 Å². The highest BCUT2D eigenvalue weighted by atomic mass is 32.2. The van der Waals surface area contributed by atoms with Crippen molar-refractivity contribution in [3.05, 3.63) is 29.8 Å². The van der Waals surface area contributed by atoms with Crippen molar-refractivity contribution in [3.8, 4) is 0 Å². The summed E-state index contributed by atoms with van der Waals surface area (Å²) < 4.78 is 33.8. The average Bonchev–Trinajstić information content (AvgIpc) is 2.95. The van der Waals surface area contributed by atoms with E-state index in [0.29, 0.717) is 23.7 Å². The highest BCUT2D eigenvalue weighted by Gasteiger charge is 2.33. The number of sulfonamides is 1.